The first-order valence-corrected chi connectivity index (χ1v) is 8.59. The van der Waals surface area contributed by atoms with Crippen LogP contribution in [-0.4, -0.2) is 36.7 Å². The summed E-state index contributed by atoms with van der Waals surface area (Å²) in [5.41, 5.74) is 5.25. The fourth-order valence-corrected chi connectivity index (χ4v) is 4.42. The number of thioether (sulfide) groups is 1. The molecule has 1 rings (SSSR count). The van der Waals surface area contributed by atoms with Crippen LogP contribution in [0.4, 0.5) is 0 Å². The van der Waals surface area contributed by atoms with Crippen molar-refractivity contribution in [3.8, 4) is 0 Å². The standard InChI is InChI=1S/C9H18N2O2S3/c1-15-8-4-2-3-7(5-8)11-16(12,13)6-9(10)14/h7-8,11H,2-6H2,1H3,(H2,10,14). The summed E-state index contributed by atoms with van der Waals surface area (Å²) in [4.78, 5) is 0.0183. The molecule has 16 heavy (non-hydrogen) atoms. The molecule has 1 fully saturated rings. The van der Waals surface area contributed by atoms with Crippen molar-refractivity contribution in [1.29, 1.82) is 0 Å². The van der Waals surface area contributed by atoms with E-state index in [9.17, 15) is 8.42 Å². The molecule has 0 aliphatic heterocycles. The second-order valence-corrected chi connectivity index (χ2v) is 7.48. The van der Waals surface area contributed by atoms with Gasteiger partial charge in [-0.2, -0.15) is 11.8 Å². The Morgan fingerprint density at radius 1 is 1.56 bits per heavy atom. The third-order valence-electron chi connectivity index (χ3n) is 2.64. The third kappa shape index (κ3) is 4.99. The van der Waals surface area contributed by atoms with E-state index in [4.69, 9.17) is 5.73 Å². The molecule has 0 heterocycles. The first-order valence-electron chi connectivity index (χ1n) is 5.24. The van der Waals surface area contributed by atoms with E-state index >= 15 is 0 Å². The topological polar surface area (TPSA) is 72.2 Å². The number of thiocarbonyl (C=S) groups is 1. The van der Waals surface area contributed by atoms with Gasteiger partial charge < -0.3 is 5.73 Å². The fourth-order valence-electron chi connectivity index (χ4n) is 1.95. The SMILES string of the molecule is CSC1CCCC(NS(=O)(=O)CC(N)=S)C1. The lowest BCUT2D eigenvalue weighted by molar-refractivity contribution is 0.421. The molecule has 3 N–H and O–H groups in total. The lowest BCUT2D eigenvalue weighted by Crippen LogP contribution is -2.42. The van der Waals surface area contributed by atoms with E-state index in [0.29, 0.717) is 5.25 Å². The number of nitrogens with two attached hydrogens (primary N) is 1. The Balaban J connectivity index is 2.50. The van der Waals surface area contributed by atoms with Gasteiger partial charge in [0, 0.05) is 11.3 Å². The fraction of sp³-hybridized carbons (Fsp3) is 0.889. The van der Waals surface area contributed by atoms with Crippen molar-refractivity contribution in [1.82, 2.24) is 4.72 Å². The lowest BCUT2D eigenvalue weighted by Gasteiger charge is -2.28. The summed E-state index contributed by atoms with van der Waals surface area (Å²) in [6.45, 7) is 0. The first-order chi connectivity index (χ1) is 7.43. The minimum absolute atomic E-state index is 0.0183. The summed E-state index contributed by atoms with van der Waals surface area (Å²) >= 11 is 6.42. The van der Waals surface area contributed by atoms with Crippen molar-refractivity contribution in [2.75, 3.05) is 12.0 Å². The van der Waals surface area contributed by atoms with Gasteiger partial charge in [0.25, 0.3) is 0 Å². The molecular weight excluding hydrogens is 264 g/mol. The van der Waals surface area contributed by atoms with Crippen molar-refractivity contribution in [3.63, 3.8) is 0 Å². The number of sulfonamides is 1. The average Bonchev–Trinajstić information content (AvgIpc) is 2.15. The van der Waals surface area contributed by atoms with Crippen LogP contribution in [0, 0.1) is 0 Å². The maximum Gasteiger partial charge on any atom is 0.218 e. The van der Waals surface area contributed by atoms with Gasteiger partial charge in [0.2, 0.25) is 10.0 Å². The Morgan fingerprint density at radius 3 is 2.81 bits per heavy atom. The zero-order valence-electron chi connectivity index (χ0n) is 9.31. The Bertz CT molecular complexity index is 343. The van der Waals surface area contributed by atoms with Crippen LogP contribution in [0.5, 0.6) is 0 Å². The average molecular weight is 282 g/mol. The molecule has 0 spiro atoms. The zero-order chi connectivity index (χ0) is 12.2. The summed E-state index contributed by atoms with van der Waals surface area (Å²) in [5, 5.41) is 0.561. The molecule has 0 aromatic carbocycles. The molecule has 0 aromatic rings. The van der Waals surface area contributed by atoms with Crippen molar-refractivity contribution < 1.29 is 8.42 Å². The molecule has 0 amide bonds. The van der Waals surface area contributed by atoms with Crippen molar-refractivity contribution in [3.05, 3.63) is 0 Å². The van der Waals surface area contributed by atoms with E-state index in [1.807, 2.05) is 0 Å². The van der Waals surface area contributed by atoms with Gasteiger partial charge in [-0.15, -0.1) is 0 Å². The van der Waals surface area contributed by atoms with Crippen LogP contribution < -0.4 is 10.5 Å². The summed E-state index contributed by atoms with van der Waals surface area (Å²) in [7, 11) is -3.34. The summed E-state index contributed by atoms with van der Waals surface area (Å²) in [6, 6.07) is 0.0468. The Morgan fingerprint density at radius 2 is 2.25 bits per heavy atom. The first kappa shape index (κ1) is 14.2. The minimum atomic E-state index is -3.34. The highest BCUT2D eigenvalue weighted by Crippen LogP contribution is 2.27. The van der Waals surface area contributed by atoms with E-state index in [0.717, 1.165) is 19.3 Å². The van der Waals surface area contributed by atoms with Crippen LogP contribution >= 0.6 is 24.0 Å². The smallest absolute Gasteiger partial charge is 0.218 e. The Hall–Kier alpha value is 0.150. The van der Waals surface area contributed by atoms with Gasteiger partial charge in [0.05, 0.1) is 4.99 Å². The van der Waals surface area contributed by atoms with Gasteiger partial charge in [-0.1, -0.05) is 18.6 Å². The largest absolute Gasteiger partial charge is 0.392 e. The van der Waals surface area contributed by atoms with Gasteiger partial charge >= 0.3 is 0 Å². The van der Waals surface area contributed by atoms with Gasteiger partial charge in [0.15, 0.2) is 0 Å². The van der Waals surface area contributed by atoms with Crippen LogP contribution in [0.1, 0.15) is 25.7 Å². The Labute approximate surface area is 107 Å². The van der Waals surface area contributed by atoms with Crippen LogP contribution in [0.25, 0.3) is 0 Å². The minimum Gasteiger partial charge on any atom is -0.392 e. The molecule has 0 saturated heterocycles. The summed E-state index contributed by atoms with van der Waals surface area (Å²) < 4.78 is 25.9. The van der Waals surface area contributed by atoms with E-state index < -0.39 is 10.0 Å². The van der Waals surface area contributed by atoms with Gasteiger partial charge in [0.1, 0.15) is 5.75 Å². The van der Waals surface area contributed by atoms with Crippen molar-refractivity contribution in [2.45, 2.75) is 37.0 Å². The third-order valence-corrected chi connectivity index (χ3v) is 5.44. The van der Waals surface area contributed by atoms with Crippen LogP contribution in [0.15, 0.2) is 0 Å². The Kier molecular flexibility index (Phi) is 5.49. The van der Waals surface area contributed by atoms with E-state index in [1.54, 1.807) is 11.8 Å². The number of rotatable bonds is 5. The highest BCUT2D eigenvalue weighted by atomic mass is 32.2. The number of nitrogens with one attached hydrogen (secondary N) is 1. The molecule has 0 bridgehead atoms. The predicted octanol–water partition coefficient (Wildman–Crippen LogP) is 0.866. The second kappa shape index (κ2) is 6.18. The lowest BCUT2D eigenvalue weighted by atomic mass is 9.96. The van der Waals surface area contributed by atoms with Crippen molar-refractivity contribution >= 4 is 39.0 Å². The van der Waals surface area contributed by atoms with Crippen LogP contribution in [-0.2, 0) is 10.0 Å². The summed E-state index contributed by atoms with van der Waals surface area (Å²) in [5.74, 6) is -0.247. The van der Waals surface area contributed by atoms with E-state index in [2.05, 4.69) is 23.2 Å². The number of hydrogen-bond acceptors (Lipinski definition) is 4. The molecule has 2 atom stereocenters. The molecule has 2 unspecified atom stereocenters. The monoisotopic (exact) mass is 282 g/mol. The quantitative estimate of drug-likeness (QED) is 0.732. The normalized spacial score (nSPS) is 26.6. The highest BCUT2D eigenvalue weighted by molar-refractivity contribution is 7.99. The highest BCUT2D eigenvalue weighted by Gasteiger charge is 2.25. The molecule has 1 aliphatic rings. The van der Waals surface area contributed by atoms with Gasteiger partial charge in [-0.3, -0.25) is 0 Å². The molecule has 1 saturated carbocycles. The van der Waals surface area contributed by atoms with E-state index in [1.165, 1.54) is 6.42 Å². The molecule has 7 heteroatoms. The maximum absolute atomic E-state index is 11.6. The van der Waals surface area contributed by atoms with Crippen LogP contribution in [0.3, 0.4) is 0 Å². The van der Waals surface area contributed by atoms with Gasteiger partial charge in [-0.05, 0) is 25.5 Å². The molecular formula is C9H18N2O2S3. The molecule has 1 aliphatic carbocycles. The zero-order valence-corrected chi connectivity index (χ0v) is 11.8. The maximum atomic E-state index is 11.6. The summed E-state index contributed by atoms with van der Waals surface area (Å²) in [6.07, 6.45) is 6.13. The van der Waals surface area contributed by atoms with Crippen LogP contribution in [0.2, 0.25) is 0 Å². The molecule has 0 radical (unpaired) electrons. The van der Waals surface area contributed by atoms with Crippen molar-refractivity contribution in [2.24, 2.45) is 5.73 Å². The second-order valence-electron chi connectivity index (χ2n) is 4.06. The molecule has 4 nitrogen and oxygen atoms in total. The molecule has 94 valence electrons. The van der Waals surface area contributed by atoms with Gasteiger partial charge in [-0.25, -0.2) is 13.1 Å². The van der Waals surface area contributed by atoms with E-state index in [-0.39, 0.29) is 16.8 Å². The number of hydrogen-bond donors (Lipinski definition) is 2. The predicted molar refractivity (Wildman–Crippen MR) is 73.3 cm³/mol. The molecule has 0 aromatic heterocycles.